The predicted molar refractivity (Wildman–Crippen MR) is 104 cm³/mol. The van der Waals surface area contributed by atoms with Gasteiger partial charge in [-0.15, -0.1) is 24.8 Å². The van der Waals surface area contributed by atoms with Crippen LogP contribution in [0, 0.1) is 6.92 Å². The maximum absolute atomic E-state index is 12.0. The second kappa shape index (κ2) is 10.4. The molecule has 1 atom stereocenters. The fraction of sp³-hybridized carbons (Fsp3) is 0.444. The van der Waals surface area contributed by atoms with Gasteiger partial charge in [-0.25, -0.2) is 4.98 Å². The molecule has 7 heteroatoms. The number of benzene rings is 1. The number of carbonyl (C=O) groups is 1. The third-order valence-corrected chi connectivity index (χ3v) is 4.10. The minimum Gasteiger partial charge on any atom is -0.440 e. The van der Waals surface area contributed by atoms with Crippen molar-refractivity contribution in [2.45, 2.75) is 38.6 Å². The van der Waals surface area contributed by atoms with Crippen LogP contribution in [-0.2, 0) is 11.2 Å². The number of nitrogens with one attached hydrogen (secondary N) is 2. The molecule has 1 fully saturated rings. The minimum absolute atomic E-state index is 0. The van der Waals surface area contributed by atoms with Crippen LogP contribution in [0.15, 0.2) is 34.7 Å². The molecule has 0 spiro atoms. The molecule has 0 saturated carbocycles. The monoisotopic (exact) mass is 385 g/mol. The zero-order valence-electron chi connectivity index (χ0n) is 14.3. The fourth-order valence-electron chi connectivity index (χ4n) is 2.91. The van der Waals surface area contributed by atoms with Crippen molar-refractivity contribution in [1.29, 1.82) is 0 Å². The van der Waals surface area contributed by atoms with E-state index in [0.29, 0.717) is 18.7 Å². The Morgan fingerprint density at radius 3 is 2.76 bits per heavy atom. The van der Waals surface area contributed by atoms with E-state index in [-0.39, 0.29) is 36.8 Å². The highest BCUT2D eigenvalue weighted by Crippen LogP contribution is 2.24. The Hall–Kier alpha value is -1.56. The van der Waals surface area contributed by atoms with Crippen LogP contribution in [0.25, 0.3) is 11.3 Å². The molecule has 0 bridgehead atoms. The molecule has 2 aromatic rings. The van der Waals surface area contributed by atoms with Gasteiger partial charge < -0.3 is 15.1 Å². The Balaban J connectivity index is 0.00000156. The Labute approximate surface area is 160 Å². The average Bonchev–Trinajstić information content (AvgIpc) is 2.96. The third-order valence-electron chi connectivity index (χ3n) is 4.10. The molecule has 1 aromatic heterocycles. The number of aromatic nitrogens is 1. The molecule has 1 aromatic carbocycles. The summed E-state index contributed by atoms with van der Waals surface area (Å²) >= 11 is 0. The van der Waals surface area contributed by atoms with E-state index in [1.165, 1.54) is 0 Å². The van der Waals surface area contributed by atoms with Crippen LogP contribution in [0.5, 0.6) is 0 Å². The molecule has 0 aliphatic carbocycles. The lowest BCUT2D eigenvalue weighted by Crippen LogP contribution is -2.45. The van der Waals surface area contributed by atoms with Gasteiger partial charge in [-0.05, 0) is 26.3 Å². The van der Waals surface area contributed by atoms with Crippen molar-refractivity contribution < 1.29 is 9.21 Å². The Morgan fingerprint density at radius 2 is 2.08 bits per heavy atom. The summed E-state index contributed by atoms with van der Waals surface area (Å²) in [6.45, 7) is 3.84. The molecule has 0 radical (unpaired) electrons. The molecule has 1 amide bonds. The lowest BCUT2D eigenvalue weighted by molar-refractivity contribution is -0.121. The van der Waals surface area contributed by atoms with Crippen LogP contribution in [0.1, 0.15) is 30.8 Å². The first-order chi connectivity index (χ1) is 11.2. The summed E-state index contributed by atoms with van der Waals surface area (Å²) in [5.74, 6) is 1.48. The van der Waals surface area contributed by atoms with Crippen molar-refractivity contribution in [3.8, 4) is 11.3 Å². The van der Waals surface area contributed by atoms with E-state index in [4.69, 9.17) is 4.42 Å². The van der Waals surface area contributed by atoms with Crippen LogP contribution < -0.4 is 10.6 Å². The molecular formula is C18H25Cl2N3O2. The van der Waals surface area contributed by atoms with Gasteiger partial charge in [-0.3, -0.25) is 4.79 Å². The van der Waals surface area contributed by atoms with Gasteiger partial charge in [-0.1, -0.05) is 30.3 Å². The first-order valence-corrected chi connectivity index (χ1v) is 8.24. The second-order valence-electron chi connectivity index (χ2n) is 6.00. The molecule has 1 aliphatic heterocycles. The smallest absolute Gasteiger partial charge is 0.220 e. The zero-order valence-corrected chi connectivity index (χ0v) is 15.9. The number of rotatable bonds is 5. The van der Waals surface area contributed by atoms with Crippen molar-refractivity contribution in [3.05, 3.63) is 41.9 Å². The number of oxazole rings is 1. The molecule has 25 heavy (non-hydrogen) atoms. The number of nitrogens with zero attached hydrogens (tertiary/aromatic N) is 1. The third kappa shape index (κ3) is 6.03. The van der Waals surface area contributed by atoms with Crippen molar-refractivity contribution in [2.24, 2.45) is 0 Å². The van der Waals surface area contributed by atoms with Crippen molar-refractivity contribution in [3.63, 3.8) is 0 Å². The number of piperidine rings is 1. The summed E-state index contributed by atoms with van der Waals surface area (Å²) in [5, 5.41) is 6.37. The number of hydrogen-bond acceptors (Lipinski definition) is 4. The first-order valence-electron chi connectivity index (χ1n) is 8.24. The quantitative estimate of drug-likeness (QED) is 0.828. The highest BCUT2D eigenvalue weighted by atomic mass is 35.5. The second-order valence-corrected chi connectivity index (χ2v) is 6.00. The predicted octanol–water partition coefficient (Wildman–Crippen LogP) is 3.29. The number of aryl methyl sites for hydroxylation is 2. The summed E-state index contributed by atoms with van der Waals surface area (Å²) in [7, 11) is 0. The van der Waals surface area contributed by atoms with Crippen LogP contribution in [-0.4, -0.2) is 30.0 Å². The molecule has 2 N–H and O–H groups in total. The molecule has 3 rings (SSSR count). The van der Waals surface area contributed by atoms with E-state index in [0.717, 1.165) is 42.9 Å². The normalized spacial score (nSPS) is 16.4. The van der Waals surface area contributed by atoms with E-state index >= 15 is 0 Å². The number of halogens is 2. The van der Waals surface area contributed by atoms with E-state index in [1.807, 2.05) is 37.3 Å². The maximum Gasteiger partial charge on any atom is 0.220 e. The summed E-state index contributed by atoms with van der Waals surface area (Å²) < 4.78 is 5.84. The van der Waals surface area contributed by atoms with Gasteiger partial charge in [0.25, 0.3) is 0 Å². The first kappa shape index (κ1) is 21.5. The van der Waals surface area contributed by atoms with E-state index < -0.39 is 0 Å². The van der Waals surface area contributed by atoms with Crippen molar-refractivity contribution in [2.75, 3.05) is 13.1 Å². The van der Waals surface area contributed by atoms with Crippen LogP contribution in [0.4, 0.5) is 0 Å². The van der Waals surface area contributed by atoms with Gasteiger partial charge in [0.15, 0.2) is 11.7 Å². The van der Waals surface area contributed by atoms with Crippen LogP contribution in [0.3, 0.4) is 0 Å². The van der Waals surface area contributed by atoms with Gasteiger partial charge in [0, 0.05) is 31.0 Å². The molecule has 1 unspecified atom stereocenters. The summed E-state index contributed by atoms with van der Waals surface area (Å²) in [6.07, 6.45) is 3.10. The number of hydrogen-bond donors (Lipinski definition) is 2. The number of amides is 1. The Bertz CT molecular complexity index is 656. The Kier molecular flexibility index (Phi) is 8.97. The molecular weight excluding hydrogens is 361 g/mol. The lowest BCUT2D eigenvalue weighted by atomic mass is 10.1. The summed E-state index contributed by atoms with van der Waals surface area (Å²) in [6, 6.07) is 10.2. The molecule has 1 saturated heterocycles. The number of carbonyl (C=O) groups excluding carboxylic acids is 1. The lowest BCUT2D eigenvalue weighted by Gasteiger charge is -2.23. The van der Waals surface area contributed by atoms with E-state index in [2.05, 4.69) is 15.6 Å². The SMILES string of the molecule is Cc1nc(CCC(=O)NC2CCCNC2)oc1-c1ccccc1.Cl.Cl. The van der Waals surface area contributed by atoms with E-state index in [9.17, 15) is 4.79 Å². The molecule has 1 aliphatic rings. The topological polar surface area (TPSA) is 67.2 Å². The maximum atomic E-state index is 12.0. The van der Waals surface area contributed by atoms with Crippen molar-refractivity contribution >= 4 is 30.7 Å². The van der Waals surface area contributed by atoms with Gasteiger partial charge in [0.2, 0.25) is 5.91 Å². The van der Waals surface area contributed by atoms with E-state index in [1.54, 1.807) is 0 Å². The highest BCUT2D eigenvalue weighted by molar-refractivity contribution is 5.85. The molecule has 138 valence electrons. The van der Waals surface area contributed by atoms with Gasteiger partial charge in [-0.2, -0.15) is 0 Å². The standard InChI is InChI=1S/C18H23N3O2.2ClH/c1-13-18(14-6-3-2-4-7-14)23-17(20-13)10-9-16(22)21-15-8-5-11-19-12-15;;/h2-4,6-7,15,19H,5,8-12H2,1H3,(H,21,22);2*1H. The minimum atomic E-state index is 0. The molecule has 2 heterocycles. The molecule has 5 nitrogen and oxygen atoms in total. The fourth-order valence-corrected chi connectivity index (χ4v) is 2.91. The van der Waals surface area contributed by atoms with Gasteiger partial charge in [0.1, 0.15) is 0 Å². The van der Waals surface area contributed by atoms with Gasteiger partial charge >= 0.3 is 0 Å². The summed E-state index contributed by atoms with van der Waals surface area (Å²) in [5.41, 5.74) is 1.88. The van der Waals surface area contributed by atoms with Crippen LogP contribution >= 0.6 is 24.8 Å². The van der Waals surface area contributed by atoms with Crippen LogP contribution in [0.2, 0.25) is 0 Å². The average molecular weight is 386 g/mol. The van der Waals surface area contributed by atoms with Crippen molar-refractivity contribution in [1.82, 2.24) is 15.6 Å². The zero-order chi connectivity index (χ0) is 16.1. The van der Waals surface area contributed by atoms with Gasteiger partial charge in [0.05, 0.1) is 5.69 Å². The largest absolute Gasteiger partial charge is 0.440 e. The Morgan fingerprint density at radius 1 is 1.32 bits per heavy atom. The summed E-state index contributed by atoms with van der Waals surface area (Å²) in [4.78, 5) is 16.5. The highest BCUT2D eigenvalue weighted by Gasteiger charge is 2.16.